The molecule has 0 aromatic heterocycles. The Morgan fingerprint density at radius 2 is 1.57 bits per heavy atom. The van der Waals surface area contributed by atoms with E-state index >= 15 is 0 Å². The molecule has 2 amide bonds. The Bertz CT molecular complexity index is 790. The first-order valence-electron chi connectivity index (χ1n) is 9.27. The van der Waals surface area contributed by atoms with Crippen LogP contribution in [-0.2, 0) is 6.54 Å². The lowest BCUT2D eigenvalue weighted by Crippen LogP contribution is -2.49. The van der Waals surface area contributed by atoms with Crippen LogP contribution in [0.5, 0.6) is 17.2 Å². The number of nitrogens with zero attached hydrogens (tertiary/aromatic N) is 2. The van der Waals surface area contributed by atoms with E-state index in [4.69, 9.17) is 14.2 Å². The van der Waals surface area contributed by atoms with Crippen LogP contribution in [0.2, 0.25) is 0 Å². The molecule has 150 valence electrons. The van der Waals surface area contributed by atoms with Gasteiger partial charge in [0.1, 0.15) is 0 Å². The molecule has 0 radical (unpaired) electrons. The maximum atomic E-state index is 12.4. The average Bonchev–Trinajstić information content (AvgIpc) is 2.74. The number of ether oxygens (including phenoxy) is 3. The summed E-state index contributed by atoms with van der Waals surface area (Å²) in [4.78, 5) is 16.6. The summed E-state index contributed by atoms with van der Waals surface area (Å²) in [5.74, 6) is 1.93. The van der Waals surface area contributed by atoms with Crippen LogP contribution in [0.1, 0.15) is 5.56 Å². The van der Waals surface area contributed by atoms with E-state index in [9.17, 15) is 4.79 Å². The second-order valence-electron chi connectivity index (χ2n) is 6.55. The van der Waals surface area contributed by atoms with Crippen molar-refractivity contribution in [2.24, 2.45) is 0 Å². The molecule has 0 bridgehead atoms. The van der Waals surface area contributed by atoms with Gasteiger partial charge in [0.05, 0.1) is 21.3 Å². The lowest BCUT2D eigenvalue weighted by Gasteiger charge is -2.35. The third kappa shape index (κ3) is 4.48. The SMILES string of the molecule is COc1ccc(CN2CCN(C(=O)Nc3ccccc3)CC2)c(OC)c1OC. The van der Waals surface area contributed by atoms with Crippen LogP contribution in [0, 0.1) is 0 Å². The molecule has 1 heterocycles. The van der Waals surface area contributed by atoms with E-state index in [0.717, 1.165) is 30.9 Å². The number of para-hydroxylation sites is 1. The molecular weight excluding hydrogens is 358 g/mol. The van der Waals surface area contributed by atoms with Crippen LogP contribution < -0.4 is 19.5 Å². The number of nitrogens with one attached hydrogen (secondary N) is 1. The van der Waals surface area contributed by atoms with Crippen LogP contribution in [-0.4, -0.2) is 63.3 Å². The smallest absolute Gasteiger partial charge is 0.321 e. The summed E-state index contributed by atoms with van der Waals surface area (Å²) in [5, 5.41) is 2.94. The van der Waals surface area contributed by atoms with E-state index < -0.39 is 0 Å². The largest absolute Gasteiger partial charge is 0.493 e. The molecule has 28 heavy (non-hydrogen) atoms. The second-order valence-corrected chi connectivity index (χ2v) is 6.55. The molecule has 0 atom stereocenters. The van der Waals surface area contributed by atoms with Gasteiger partial charge < -0.3 is 24.4 Å². The van der Waals surface area contributed by atoms with Crippen molar-refractivity contribution < 1.29 is 19.0 Å². The van der Waals surface area contributed by atoms with E-state index in [-0.39, 0.29) is 6.03 Å². The standard InChI is InChI=1S/C21H27N3O4/c1-26-18-10-9-16(19(27-2)20(18)28-3)15-23-11-13-24(14-12-23)21(25)22-17-7-5-4-6-8-17/h4-10H,11-15H2,1-3H3,(H,22,25). The molecule has 1 aliphatic heterocycles. The number of benzene rings is 2. The Morgan fingerprint density at radius 1 is 0.893 bits per heavy atom. The van der Waals surface area contributed by atoms with Crippen LogP contribution >= 0.6 is 0 Å². The predicted octanol–water partition coefficient (Wildman–Crippen LogP) is 3.06. The van der Waals surface area contributed by atoms with Gasteiger partial charge in [0.15, 0.2) is 11.5 Å². The zero-order valence-electron chi connectivity index (χ0n) is 16.6. The van der Waals surface area contributed by atoms with E-state index in [1.54, 1.807) is 21.3 Å². The molecule has 3 rings (SSSR count). The fourth-order valence-electron chi connectivity index (χ4n) is 3.36. The van der Waals surface area contributed by atoms with Gasteiger partial charge in [0.25, 0.3) is 0 Å². The van der Waals surface area contributed by atoms with Crippen molar-refractivity contribution in [3.05, 3.63) is 48.0 Å². The summed E-state index contributed by atoms with van der Waals surface area (Å²) in [6, 6.07) is 13.3. The van der Waals surface area contributed by atoms with E-state index in [2.05, 4.69) is 10.2 Å². The number of urea groups is 1. The monoisotopic (exact) mass is 385 g/mol. The molecule has 1 saturated heterocycles. The van der Waals surface area contributed by atoms with Gasteiger partial charge in [-0.15, -0.1) is 0 Å². The Morgan fingerprint density at radius 3 is 2.18 bits per heavy atom. The summed E-state index contributed by atoms with van der Waals surface area (Å²) in [6.07, 6.45) is 0. The predicted molar refractivity (Wildman–Crippen MR) is 108 cm³/mol. The normalized spacial score (nSPS) is 14.5. The molecule has 2 aromatic carbocycles. The molecule has 2 aromatic rings. The van der Waals surface area contributed by atoms with Crippen LogP contribution in [0.15, 0.2) is 42.5 Å². The van der Waals surface area contributed by atoms with Crippen molar-refractivity contribution in [1.82, 2.24) is 9.80 Å². The minimum Gasteiger partial charge on any atom is -0.493 e. The maximum Gasteiger partial charge on any atom is 0.321 e. The highest BCUT2D eigenvalue weighted by Gasteiger charge is 2.23. The summed E-state index contributed by atoms with van der Waals surface area (Å²) >= 11 is 0. The summed E-state index contributed by atoms with van der Waals surface area (Å²) < 4.78 is 16.4. The van der Waals surface area contributed by atoms with E-state index in [1.165, 1.54) is 0 Å². The van der Waals surface area contributed by atoms with Gasteiger partial charge >= 0.3 is 6.03 Å². The number of rotatable bonds is 6. The number of amides is 2. The lowest BCUT2D eigenvalue weighted by atomic mass is 10.1. The van der Waals surface area contributed by atoms with Crippen molar-refractivity contribution in [1.29, 1.82) is 0 Å². The number of hydrogen-bond acceptors (Lipinski definition) is 5. The van der Waals surface area contributed by atoms with Gasteiger partial charge in [0.2, 0.25) is 5.75 Å². The van der Waals surface area contributed by atoms with Crippen LogP contribution in [0.25, 0.3) is 0 Å². The van der Waals surface area contributed by atoms with Gasteiger partial charge in [-0.1, -0.05) is 24.3 Å². The molecule has 7 heteroatoms. The quantitative estimate of drug-likeness (QED) is 0.828. The first kappa shape index (κ1) is 19.8. The molecule has 0 aliphatic carbocycles. The second kappa shape index (κ2) is 9.32. The van der Waals surface area contributed by atoms with Crippen molar-refractivity contribution >= 4 is 11.7 Å². The Kier molecular flexibility index (Phi) is 6.60. The zero-order chi connectivity index (χ0) is 19.9. The van der Waals surface area contributed by atoms with Gasteiger partial charge in [-0.3, -0.25) is 4.90 Å². The number of carbonyl (C=O) groups is 1. The number of piperazine rings is 1. The third-order valence-electron chi connectivity index (χ3n) is 4.86. The first-order valence-corrected chi connectivity index (χ1v) is 9.27. The highest BCUT2D eigenvalue weighted by molar-refractivity contribution is 5.89. The zero-order valence-corrected chi connectivity index (χ0v) is 16.6. The Balaban J connectivity index is 1.59. The summed E-state index contributed by atoms with van der Waals surface area (Å²) in [7, 11) is 4.84. The topological polar surface area (TPSA) is 63.3 Å². The molecule has 0 unspecified atom stereocenters. The lowest BCUT2D eigenvalue weighted by molar-refractivity contribution is 0.142. The minimum atomic E-state index is -0.0606. The molecular formula is C21H27N3O4. The van der Waals surface area contributed by atoms with Crippen molar-refractivity contribution in [3.63, 3.8) is 0 Å². The van der Waals surface area contributed by atoms with Crippen LogP contribution in [0.3, 0.4) is 0 Å². The van der Waals surface area contributed by atoms with Crippen LogP contribution in [0.4, 0.5) is 10.5 Å². The minimum absolute atomic E-state index is 0.0606. The van der Waals surface area contributed by atoms with Crippen molar-refractivity contribution in [3.8, 4) is 17.2 Å². The maximum absolute atomic E-state index is 12.4. The molecule has 1 N–H and O–H groups in total. The molecule has 7 nitrogen and oxygen atoms in total. The number of carbonyl (C=O) groups excluding carboxylic acids is 1. The van der Waals surface area contributed by atoms with E-state index in [1.807, 2.05) is 47.4 Å². The van der Waals surface area contributed by atoms with Crippen molar-refractivity contribution in [2.75, 3.05) is 52.8 Å². The molecule has 0 spiro atoms. The van der Waals surface area contributed by atoms with E-state index in [0.29, 0.717) is 30.3 Å². The van der Waals surface area contributed by atoms with Gasteiger partial charge in [0, 0.05) is 44.0 Å². The number of anilines is 1. The fourth-order valence-corrected chi connectivity index (χ4v) is 3.36. The summed E-state index contributed by atoms with van der Waals surface area (Å²) in [6.45, 7) is 3.65. The third-order valence-corrected chi connectivity index (χ3v) is 4.86. The highest BCUT2D eigenvalue weighted by atomic mass is 16.5. The number of hydrogen-bond donors (Lipinski definition) is 1. The Labute approximate surface area is 165 Å². The number of methoxy groups -OCH3 is 3. The highest BCUT2D eigenvalue weighted by Crippen LogP contribution is 2.40. The van der Waals surface area contributed by atoms with Gasteiger partial charge in [-0.25, -0.2) is 4.79 Å². The summed E-state index contributed by atoms with van der Waals surface area (Å²) in [5.41, 5.74) is 1.84. The molecule has 1 aliphatic rings. The Hall–Kier alpha value is -2.93. The van der Waals surface area contributed by atoms with Crippen molar-refractivity contribution in [2.45, 2.75) is 6.54 Å². The van der Waals surface area contributed by atoms with Gasteiger partial charge in [-0.2, -0.15) is 0 Å². The average molecular weight is 385 g/mol. The first-order chi connectivity index (χ1) is 13.7. The fraction of sp³-hybridized carbons (Fsp3) is 0.381. The van der Waals surface area contributed by atoms with Gasteiger partial charge in [-0.05, 0) is 18.2 Å². The molecule has 1 fully saturated rings. The molecule has 0 saturated carbocycles.